The Morgan fingerprint density at radius 3 is 2.84 bits per heavy atom. The van der Waals surface area contributed by atoms with Gasteiger partial charge in [-0.3, -0.25) is 0 Å². The summed E-state index contributed by atoms with van der Waals surface area (Å²) in [6, 6.07) is 8.77. The van der Waals surface area contributed by atoms with Crippen molar-refractivity contribution in [2.75, 3.05) is 0 Å². The van der Waals surface area contributed by atoms with E-state index in [1.54, 1.807) is 18.2 Å². The summed E-state index contributed by atoms with van der Waals surface area (Å²) in [4.78, 5) is 7.75. The molecule has 4 nitrogen and oxygen atoms in total. The van der Waals surface area contributed by atoms with Crippen LogP contribution in [-0.4, -0.2) is 9.97 Å². The predicted octanol–water partition coefficient (Wildman–Crippen LogP) is 5.82. The monoisotopic (exact) mass is 371 g/mol. The van der Waals surface area contributed by atoms with Crippen LogP contribution in [0.3, 0.4) is 0 Å². The number of hydrogen-bond acceptors (Lipinski definition) is 3. The lowest BCUT2D eigenvalue weighted by atomic mass is 10.1. The highest BCUT2D eigenvalue weighted by Gasteiger charge is 2.15. The zero-order valence-electron chi connectivity index (χ0n) is 13.6. The number of nitrogens with zero attached hydrogens (tertiary/aromatic N) is 2. The molecule has 0 aliphatic rings. The summed E-state index contributed by atoms with van der Waals surface area (Å²) in [6.07, 6.45) is 3.23. The summed E-state index contributed by atoms with van der Waals surface area (Å²) in [6.45, 7) is 5.83. The summed E-state index contributed by atoms with van der Waals surface area (Å²) in [5.74, 6) is 0.904. The molecule has 0 amide bonds. The molecule has 0 aliphatic heterocycles. The number of fused-ring (bicyclic) bond motifs is 1. The number of nitriles is 1. The number of allylic oxidation sites excluding steroid dienone is 1. The molecule has 0 saturated heterocycles. The van der Waals surface area contributed by atoms with Crippen molar-refractivity contribution in [2.45, 2.75) is 19.8 Å². The third-order valence-corrected chi connectivity index (χ3v) is 4.58. The molecule has 25 heavy (non-hydrogen) atoms. The number of pyridine rings is 1. The minimum atomic E-state index is 0.350. The number of hydrogen-bond donors (Lipinski definition) is 1. The molecule has 1 N–H and O–H groups in total. The maximum Gasteiger partial charge on any atom is 0.221 e. The number of nitrogens with one attached hydrogen (secondary N) is 1. The van der Waals surface area contributed by atoms with E-state index in [1.165, 1.54) is 0 Å². The molecule has 1 aromatic carbocycles. The summed E-state index contributed by atoms with van der Waals surface area (Å²) in [5, 5.41) is 11.0. The fourth-order valence-corrected chi connectivity index (χ4v) is 3.19. The first-order valence-electron chi connectivity index (χ1n) is 7.75. The van der Waals surface area contributed by atoms with Crippen molar-refractivity contribution in [2.24, 2.45) is 0 Å². The Balaban J connectivity index is 2.08. The lowest BCUT2D eigenvalue weighted by Gasteiger charge is -2.08. The van der Waals surface area contributed by atoms with Crippen molar-refractivity contribution in [1.82, 2.24) is 9.97 Å². The number of aromatic amines is 1. The molecule has 0 radical (unpaired) electrons. The van der Waals surface area contributed by atoms with Gasteiger partial charge in [-0.25, -0.2) is 0 Å². The van der Waals surface area contributed by atoms with Gasteiger partial charge in [-0.05, 0) is 30.5 Å². The van der Waals surface area contributed by atoms with Crippen LogP contribution in [0, 0.1) is 11.3 Å². The zero-order valence-corrected chi connectivity index (χ0v) is 15.1. The van der Waals surface area contributed by atoms with E-state index in [0.29, 0.717) is 39.3 Å². The predicted molar refractivity (Wildman–Crippen MR) is 101 cm³/mol. The van der Waals surface area contributed by atoms with Gasteiger partial charge in [0.2, 0.25) is 5.88 Å². The van der Waals surface area contributed by atoms with Crippen molar-refractivity contribution in [3.8, 4) is 17.7 Å². The molecule has 2 aromatic heterocycles. The van der Waals surface area contributed by atoms with Crippen molar-refractivity contribution >= 4 is 34.2 Å². The van der Waals surface area contributed by atoms with Crippen molar-refractivity contribution in [3.63, 3.8) is 0 Å². The Morgan fingerprint density at radius 1 is 1.36 bits per heavy atom. The van der Waals surface area contributed by atoms with E-state index >= 15 is 0 Å². The van der Waals surface area contributed by atoms with Crippen LogP contribution in [0.5, 0.6) is 11.6 Å². The molecule has 0 atom stereocenters. The number of ether oxygens (including phenoxy) is 1. The van der Waals surface area contributed by atoms with Crippen LogP contribution in [0.1, 0.15) is 23.7 Å². The molecule has 3 rings (SSSR count). The van der Waals surface area contributed by atoms with Crippen LogP contribution >= 0.6 is 23.2 Å². The van der Waals surface area contributed by atoms with Crippen LogP contribution in [-0.2, 0) is 12.8 Å². The summed E-state index contributed by atoms with van der Waals surface area (Å²) < 4.78 is 5.84. The number of aryl methyl sites for hydroxylation is 1. The first-order chi connectivity index (χ1) is 12.1. The molecule has 2 heterocycles. The highest BCUT2D eigenvalue weighted by molar-refractivity contribution is 6.36. The molecule has 126 valence electrons. The molecule has 0 bridgehead atoms. The van der Waals surface area contributed by atoms with E-state index in [0.717, 1.165) is 23.1 Å². The van der Waals surface area contributed by atoms with Crippen molar-refractivity contribution in [3.05, 3.63) is 63.8 Å². The van der Waals surface area contributed by atoms with Crippen LogP contribution in [0.4, 0.5) is 0 Å². The van der Waals surface area contributed by atoms with E-state index in [2.05, 4.69) is 16.5 Å². The lowest BCUT2D eigenvalue weighted by molar-refractivity contribution is 0.464. The Hall–Kier alpha value is -2.48. The summed E-state index contributed by atoms with van der Waals surface area (Å²) >= 11 is 12.4. The molecule has 0 saturated carbocycles. The maximum absolute atomic E-state index is 9.09. The Kier molecular flexibility index (Phi) is 4.98. The topological polar surface area (TPSA) is 61.7 Å². The van der Waals surface area contributed by atoms with Gasteiger partial charge in [0, 0.05) is 23.2 Å². The highest BCUT2D eigenvalue weighted by atomic mass is 35.5. The third kappa shape index (κ3) is 3.34. The summed E-state index contributed by atoms with van der Waals surface area (Å²) in [7, 11) is 0. The smallest absolute Gasteiger partial charge is 0.221 e. The number of rotatable bonds is 5. The van der Waals surface area contributed by atoms with Gasteiger partial charge < -0.3 is 9.72 Å². The molecule has 0 aliphatic carbocycles. The Morgan fingerprint density at radius 2 is 2.16 bits per heavy atom. The van der Waals surface area contributed by atoms with Gasteiger partial charge in [0.1, 0.15) is 17.5 Å². The molecule has 0 unspecified atom stereocenters. The van der Waals surface area contributed by atoms with Gasteiger partial charge in [0.25, 0.3) is 0 Å². The van der Waals surface area contributed by atoms with E-state index in [9.17, 15) is 0 Å². The van der Waals surface area contributed by atoms with Crippen LogP contribution in [0.2, 0.25) is 10.0 Å². The number of aromatic nitrogens is 2. The van der Waals surface area contributed by atoms with Gasteiger partial charge in [-0.1, -0.05) is 36.2 Å². The van der Waals surface area contributed by atoms with Crippen molar-refractivity contribution < 1.29 is 4.74 Å². The Labute approximate surface area is 155 Å². The molecular formula is C19H15Cl2N3O. The first kappa shape index (κ1) is 17.3. The summed E-state index contributed by atoms with van der Waals surface area (Å²) in [5.41, 5.74) is 2.93. The van der Waals surface area contributed by atoms with Crippen LogP contribution < -0.4 is 4.74 Å². The Bertz CT molecular complexity index is 1000. The molecule has 0 fully saturated rings. The van der Waals surface area contributed by atoms with E-state index in [-0.39, 0.29) is 0 Å². The number of H-pyrrole nitrogens is 1. The molecule has 6 heteroatoms. The van der Waals surface area contributed by atoms with Gasteiger partial charge in [-0.2, -0.15) is 10.2 Å². The largest absolute Gasteiger partial charge is 0.439 e. The van der Waals surface area contributed by atoms with Crippen LogP contribution in [0.15, 0.2) is 36.9 Å². The SMILES string of the molecule is C=CCc1cc(Oc2ccc(Cl)c(C#N)c2)nc2[nH]c(CC)c(Cl)c12. The quantitative estimate of drug-likeness (QED) is 0.574. The van der Waals surface area contributed by atoms with E-state index in [4.69, 9.17) is 33.2 Å². The standard InChI is InChI=1S/C19H15Cl2N3O/c1-3-5-11-9-16(24-19-17(11)18(21)15(4-2)23-19)25-13-6-7-14(20)12(8-13)10-22/h3,6-9H,1,4-5H2,2H3,(H,23,24). The van der Waals surface area contributed by atoms with Gasteiger partial charge in [0.05, 0.1) is 15.6 Å². The van der Waals surface area contributed by atoms with Gasteiger partial charge >= 0.3 is 0 Å². The van der Waals surface area contributed by atoms with E-state index in [1.807, 2.05) is 25.1 Å². The molecule has 3 aromatic rings. The van der Waals surface area contributed by atoms with Crippen LogP contribution in [0.25, 0.3) is 11.0 Å². The van der Waals surface area contributed by atoms with Gasteiger partial charge in [-0.15, -0.1) is 6.58 Å². The first-order valence-corrected chi connectivity index (χ1v) is 8.51. The average Bonchev–Trinajstić information content (AvgIpc) is 2.93. The second-order valence-corrected chi connectivity index (χ2v) is 6.25. The number of benzene rings is 1. The second-order valence-electron chi connectivity index (χ2n) is 5.46. The van der Waals surface area contributed by atoms with Gasteiger partial charge in [0.15, 0.2) is 0 Å². The van der Waals surface area contributed by atoms with Crippen molar-refractivity contribution in [1.29, 1.82) is 5.26 Å². The zero-order chi connectivity index (χ0) is 18.0. The minimum absolute atomic E-state index is 0.350. The normalized spacial score (nSPS) is 10.6. The minimum Gasteiger partial charge on any atom is -0.439 e. The molecule has 0 spiro atoms. The second kappa shape index (κ2) is 7.18. The lowest BCUT2D eigenvalue weighted by Crippen LogP contribution is -1.93. The number of halogens is 2. The maximum atomic E-state index is 9.09. The fraction of sp³-hybridized carbons (Fsp3) is 0.158. The highest BCUT2D eigenvalue weighted by Crippen LogP contribution is 2.34. The third-order valence-electron chi connectivity index (χ3n) is 3.83. The fourth-order valence-electron chi connectivity index (χ4n) is 2.64. The van der Waals surface area contributed by atoms with E-state index < -0.39 is 0 Å². The average molecular weight is 372 g/mol. The molecular weight excluding hydrogens is 357 g/mol.